The molecule has 0 radical (unpaired) electrons. The molecular formula is C19H21ClFNO7S. The summed E-state index contributed by atoms with van der Waals surface area (Å²) in [6, 6.07) is 2.81. The van der Waals surface area contributed by atoms with Crippen LogP contribution in [-0.2, 0) is 33.9 Å². The van der Waals surface area contributed by atoms with E-state index in [0.29, 0.717) is 17.1 Å². The highest BCUT2D eigenvalue weighted by molar-refractivity contribution is 7.94. The third kappa shape index (κ3) is 5.37. The van der Waals surface area contributed by atoms with Gasteiger partial charge in [-0.25, -0.2) is 21.9 Å². The number of carbonyl (C=O) groups is 3. The molecule has 0 N–H and O–H groups in total. The summed E-state index contributed by atoms with van der Waals surface area (Å²) >= 11 is 6.01. The summed E-state index contributed by atoms with van der Waals surface area (Å²) in [6.45, 7) is 1.80. The number of allylic oxidation sites excluding steroid dienone is 1. The third-order valence-corrected chi connectivity index (χ3v) is 6.68. The third-order valence-electron chi connectivity index (χ3n) is 4.26. The van der Waals surface area contributed by atoms with E-state index in [-0.39, 0.29) is 29.3 Å². The van der Waals surface area contributed by atoms with E-state index in [9.17, 15) is 27.2 Å². The highest BCUT2D eigenvalue weighted by atomic mass is 35.5. The van der Waals surface area contributed by atoms with Crippen LogP contribution in [0.3, 0.4) is 0 Å². The Bertz CT molecular complexity index is 977. The Morgan fingerprint density at radius 3 is 2.57 bits per heavy atom. The van der Waals surface area contributed by atoms with E-state index in [1.54, 1.807) is 6.92 Å². The number of nitrogens with zero attached hydrogens (tertiary/aromatic N) is 1. The zero-order valence-electron chi connectivity index (χ0n) is 16.4. The molecule has 0 saturated heterocycles. The van der Waals surface area contributed by atoms with Crippen LogP contribution < -0.4 is 4.31 Å². The van der Waals surface area contributed by atoms with Crippen LogP contribution >= 0.6 is 11.6 Å². The normalized spacial score (nSPS) is 16.4. The van der Waals surface area contributed by atoms with Crippen molar-refractivity contribution >= 4 is 45.2 Å². The number of esters is 2. The van der Waals surface area contributed by atoms with Crippen molar-refractivity contribution in [3.8, 4) is 0 Å². The SMILES string of the molecule is CCOC(=O)C1=CCCCC1S(=O)(=O)N(C(=O)COC(C)=O)c1ccc(F)cc1Cl. The molecule has 1 aromatic rings. The van der Waals surface area contributed by atoms with Crippen molar-refractivity contribution in [2.24, 2.45) is 0 Å². The monoisotopic (exact) mass is 461 g/mol. The van der Waals surface area contributed by atoms with Crippen molar-refractivity contribution in [2.45, 2.75) is 38.4 Å². The Hall–Kier alpha value is -2.46. The van der Waals surface area contributed by atoms with Crippen molar-refractivity contribution in [2.75, 3.05) is 17.5 Å². The first-order valence-corrected chi connectivity index (χ1v) is 11.0. The summed E-state index contributed by atoms with van der Waals surface area (Å²) in [6.07, 6.45) is 2.45. The highest BCUT2D eigenvalue weighted by Crippen LogP contribution is 2.34. The van der Waals surface area contributed by atoms with Crippen molar-refractivity contribution in [3.63, 3.8) is 0 Å². The molecule has 2 rings (SSSR count). The van der Waals surface area contributed by atoms with E-state index in [0.717, 1.165) is 25.1 Å². The molecule has 0 aliphatic heterocycles. The van der Waals surface area contributed by atoms with Crippen LogP contribution in [0.1, 0.15) is 33.1 Å². The highest BCUT2D eigenvalue weighted by Gasteiger charge is 2.42. The lowest BCUT2D eigenvalue weighted by Gasteiger charge is -2.30. The number of hydrogen-bond donors (Lipinski definition) is 0. The van der Waals surface area contributed by atoms with Gasteiger partial charge in [0.15, 0.2) is 6.61 Å². The Labute approximate surface area is 178 Å². The molecule has 1 unspecified atom stereocenters. The molecule has 0 fully saturated rings. The fourth-order valence-corrected chi connectivity index (χ4v) is 5.30. The fraction of sp³-hybridized carbons (Fsp3) is 0.421. The molecule has 8 nitrogen and oxygen atoms in total. The van der Waals surface area contributed by atoms with Gasteiger partial charge >= 0.3 is 11.9 Å². The van der Waals surface area contributed by atoms with E-state index >= 15 is 0 Å². The first-order chi connectivity index (χ1) is 14.1. The smallest absolute Gasteiger partial charge is 0.335 e. The molecule has 0 heterocycles. The molecule has 0 bridgehead atoms. The first kappa shape index (κ1) is 23.8. The van der Waals surface area contributed by atoms with E-state index in [2.05, 4.69) is 4.74 Å². The second-order valence-electron chi connectivity index (χ2n) is 6.38. The first-order valence-electron chi connectivity index (χ1n) is 9.12. The fourth-order valence-electron chi connectivity index (χ4n) is 2.99. The molecule has 11 heteroatoms. The van der Waals surface area contributed by atoms with E-state index in [1.165, 1.54) is 6.08 Å². The minimum atomic E-state index is -4.56. The molecule has 1 aliphatic rings. The molecule has 0 aromatic heterocycles. The number of hydrogen-bond acceptors (Lipinski definition) is 7. The number of halogens is 2. The number of amides is 1. The van der Waals surface area contributed by atoms with Gasteiger partial charge in [-0.3, -0.25) is 9.59 Å². The topological polar surface area (TPSA) is 107 Å². The summed E-state index contributed by atoms with van der Waals surface area (Å²) in [4.78, 5) is 36.2. The maximum Gasteiger partial charge on any atom is 0.335 e. The minimum absolute atomic E-state index is 0.0435. The van der Waals surface area contributed by atoms with Gasteiger partial charge in [-0.05, 0) is 44.4 Å². The average molecular weight is 462 g/mol. The molecule has 30 heavy (non-hydrogen) atoms. The molecule has 1 aliphatic carbocycles. The molecular weight excluding hydrogens is 441 g/mol. The zero-order valence-corrected chi connectivity index (χ0v) is 18.0. The van der Waals surface area contributed by atoms with Gasteiger partial charge in [0, 0.05) is 6.92 Å². The van der Waals surface area contributed by atoms with Gasteiger partial charge in [-0.2, -0.15) is 0 Å². The second kappa shape index (κ2) is 10.0. The van der Waals surface area contributed by atoms with Crippen LogP contribution in [0, 0.1) is 5.82 Å². The average Bonchev–Trinajstić information content (AvgIpc) is 2.68. The van der Waals surface area contributed by atoms with Gasteiger partial charge in [0.25, 0.3) is 5.91 Å². The second-order valence-corrected chi connectivity index (χ2v) is 8.75. The molecule has 1 amide bonds. The zero-order chi connectivity index (χ0) is 22.5. The van der Waals surface area contributed by atoms with E-state index in [1.807, 2.05) is 0 Å². The maximum atomic E-state index is 13.5. The number of ether oxygens (including phenoxy) is 2. The molecule has 0 saturated carbocycles. The number of anilines is 1. The lowest BCUT2D eigenvalue weighted by Crippen LogP contribution is -2.47. The minimum Gasteiger partial charge on any atom is -0.463 e. The van der Waals surface area contributed by atoms with Crippen LogP contribution in [0.2, 0.25) is 5.02 Å². The van der Waals surface area contributed by atoms with Crippen LogP contribution in [0.5, 0.6) is 0 Å². The number of sulfonamides is 1. The Morgan fingerprint density at radius 1 is 1.27 bits per heavy atom. The Balaban J connectivity index is 2.56. The summed E-state index contributed by atoms with van der Waals surface area (Å²) < 4.78 is 50.4. The quantitative estimate of drug-likeness (QED) is 0.574. The summed E-state index contributed by atoms with van der Waals surface area (Å²) in [7, 11) is -4.56. The van der Waals surface area contributed by atoms with Crippen molar-refractivity contribution in [1.29, 1.82) is 0 Å². The molecule has 1 atom stereocenters. The van der Waals surface area contributed by atoms with Crippen LogP contribution in [-0.4, -0.2) is 44.7 Å². The molecule has 1 aromatic carbocycles. The summed E-state index contributed by atoms with van der Waals surface area (Å²) in [5.41, 5.74) is -0.407. The largest absolute Gasteiger partial charge is 0.463 e. The van der Waals surface area contributed by atoms with Crippen molar-refractivity contribution in [1.82, 2.24) is 0 Å². The number of benzene rings is 1. The van der Waals surface area contributed by atoms with Crippen LogP contribution in [0.4, 0.5) is 10.1 Å². The summed E-state index contributed by atoms with van der Waals surface area (Å²) in [5.74, 6) is -3.45. The Kier molecular flexibility index (Phi) is 7.96. The maximum absolute atomic E-state index is 13.5. The van der Waals surface area contributed by atoms with E-state index < -0.39 is 45.5 Å². The van der Waals surface area contributed by atoms with Crippen molar-refractivity contribution in [3.05, 3.63) is 40.7 Å². The van der Waals surface area contributed by atoms with Gasteiger partial charge < -0.3 is 9.47 Å². The predicted octanol–water partition coefficient (Wildman–Crippen LogP) is 2.75. The lowest BCUT2D eigenvalue weighted by atomic mass is 9.99. The van der Waals surface area contributed by atoms with Gasteiger partial charge in [0.1, 0.15) is 11.1 Å². The Morgan fingerprint density at radius 2 is 1.97 bits per heavy atom. The van der Waals surface area contributed by atoms with Gasteiger partial charge in [-0.1, -0.05) is 17.7 Å². The standard InChI is InChI=1S/C19H21ClFNO7S/c1-3-28-19(25)14-6-4-5-7-17(14)30(26,27)22(18(24)11-29-12(2)23)16-9-8-13(21)10-15(16)20/h6,8-10,17H,3-5,7,11H2,1-2H3. The van der Waals surface area contributed by atoms with Gasteiger partial charge in [0.2, 0.25) is 10.0 Å². The van der Waals surface area contributed by atoms with Crippen LogP contribution in [0.15, 0.2) is 29.8 Å². The van der Waals surface area contributed by atoms with Gasteiger partial charge in [-0.15, -0.1) is 0 Å². The lowest BCUT2D eigenvalue weighted by molar-refractivity contribution is -0.145. The number of rotatable bonds is 7. The van der Waals surface area contributed by atoms with Crippen LogP contribution in [0.25, 0.3) is 0 Å². The molecule has 0 spiro atoms. The number of carbonyl (C=O) groups excluding carboxylic acids is 3. The van der Waals surface area contributed by atoms with Crippen molar-refractivity contribution < 1.29 is 36.7 Å². The van der Waals surface area contributed by atoms with Gasteiger partial charge in [0.05, 0.1) is 22.9 Å². The summed E-state index contributed by atoms with van der Waals surface area (Å²) in [5, 5.41) is -1.72. The van der Waals surface area contributed by atoms with E-state index in [4.69, 9.17) is 16.3 Å². The molecule has 164 valence electrons. The predicted molar refractivity (Wildman–Crippen MR) is 107 cm³/mol.